The lowest BCUT2D eigenvalue weighted by Crippen LogP contribution is -2.35. The molecule has 3 aromatic rings. The van der Waals surface area contributed by atoms with Crippen molar-refractivity contribution in [2.45, 2.75) is 33.2 Å². The highest BCUT2D eigenvalue weighted by Gasteiger charge is 2.18. The molecule has 0 aliphatic carbocycles. The maximum absolute atomic E-state index is 5.91. The highest BCUT2D eigenvalue weighted by molar-refractivity contribution is 7.80. The second-order valence-corrected chi connectivity index (χ2v) is 8.23. The van der Waals surface area contributed by atoms with E-state index in [2.05, 4.69) is 32.4 Å². The fourth-order valence-electron chi connectivity index (χ4n) is 3.71. The number of furan rings is 1. The van der Waals surface area contributed by atoms with Gasteiger partial charge in [-0.1, -0.05) is 37.3 Å². The zero-order chi connectivity index (χ0) is 20.9. The van der Waals surface area contributed by atoms with Gasteiger partial charge >= 0.3 is 0 Å². The molecule has 0 radical (unpaired) electrons. The third-order valence-electron chi connectivity index (χ3n) is 5.19. The number of nitrogens with zero attached hydrogens (tertiary/aromatic N) is 3. The molecule has 1 atom stereocenters. The van der Waals surface area contributed by atoms with Crippen LogP contribution in [0.3, 0.4) is 0 Å². The van der Waals surface area contributed by atoms with E-state index in [1.807, 2.05) is 55.5 Å². The van der Waals surface area contributed by atoms with Gasteiger partial charge in [0.15, 0.2) is 5.11 Å². The van der Waals surface area contributed by atoms with Crippen molar-refractivity contribution in [2.75, 3.05) is 23.3 Å². The predicted octanol–water partition coefficient (Wildman–Crippen LogP) is 4.77. The largest absolute Gasteiger partial charge is 0.459 e. The molecule has 2 aromatic heterocycles. The summed E-state index contributed by atoms with van der Waals surface area (Å²) in [6.45, 7) is 6.82. The average molecular weight is 422 g/mol. The third-order valence-corrected chi connectivity index (χ3v) is 5.44. The standard InChI is InChI=1S/C23H27N5OS/c1-16-7-6-12-28(15-16)21-13-17(2)25-22(26-21)27-23(30)24-14-19-10-11-20(29-19)18-8-4-3-5-9-18/h3-5,8-11,13,16H,6-7,12,14-15H2,1-2H3,(H2,24,25,26,27,30). The Labute approximate surface area is 182 Å². The van der Waals surface area contributed by atoms with E-state index in [0.717, 1.165) is 41.7 Å². The van der Waals surface area contributed by atoms with Crippen LogP contribution >= 0.6 is 12.2 Å². The van der Waals surface area contributed by atoms with E-state index in [1.54, 1.807) is 0 Å². The molecular formula is C23H27N5OS. The second kappa shape index (κ2) is 9.26. The van der Waals surface area contributed by atoms with Crippen LogP contribution in [-0.2, 0) is 6.54 Å². The predicted molar refractivity (Wildman–Crippen MR) is 125 cm³/mol. The number of hydrogen-bond acceptors (Lipinski definition) is 5. The van der Waals surface area contributed by atoms with E-state index in [0.29, 0.717) is 23.5 Å². The van der Waals surface area contributed by atoms with Crippen molar-refractivity contribution in [1.29, 1.82) is 0 Å². The van der Waals surface area contributed by atoms with Gasteiger partial charge in [0, 0.05) is 30.4 Å². The first kappa shape index (κ1) is 20.3. The van der Waals surface area contributed by atoms with Crippen LogP contribution in [-0.4, -0.2) is 28.2 Å². The normalized spacial score (nSPS) is 16.3. The maximum atomic E-state index is 5.91. The van der Waals surface area contributed by atoms with Crippen LogP contribution < -0.4 is 15.5 Å². The van der Waals surface area contributed by atoms with Gasteiger partial charge in [0.05, 0.1) is 6.54 Å². The molecule has 1 unspecified atom stereocenters. The summed E-state index contributed by atoms with van der Waals surface area (Å²) in [4.78, 5) is 11.5. The summed E-state index contributed by atoms with van der Waals surface area (Å²) in [5, 5.41) is 6.75. The number of piperidine rings is 1. The summed E-state index contributed by atoms with van der Waals surface area (Å²) in [6, 6.07) is 16.0. The van der Waals surface area contributed by atoms with Crippen molar-refractivity contribution in [3.05, 3.63) is 60.0 Å². The fraction of sp³-hybridized carbons (Fsp3) is 0.348. The molecule has 2 N–H and O–H groups in total. The van der Waals surface area contributed by atoms with Gasteiger partial charge in [-0.2, -0.15) is 4.98 Å². The zero-order valence-corrected chi connectivity index (χ0v) is 18.2. The van der Waals surface area contributed by atoms with Gasteiger partial charge in [-0.15, -0.1) is 0 Å². The molecule has 1 aromatic carbocycles. The average Bonchev–Trinajstić information content (AvgIpc) is 3.22. The van der Waals surface area contributed by atoms with Crippen molar-refractivity contribution < 1.29 is 4.42 Å². The lowest BCUT2D eigenvalue weighted by molar-refractivity contribution is 0.444. The number of benzene rings is 1. The summed E-state index contributed by atoms with van der Waals surface area (Å²) in [5.41, 5.74) is 1.97. The molecule has 0 amide bonds. The highest BCUT2D eigenvalue weighted by atomic mass is 32.1. The number of anilines is 2. The fourth-order valence-corrected chi connectivity index (χ4v) is 3.87. The molecule has 7 heteroatoms. The molecule has 0 spiro atoms. The Bertz CT molecular complexity index is 1000. The van der Waals surface area contributed by atoms with Crippen molar-refractivity contribution in [3.8, 4) is 11.3 Å². The van der Waals surface area contributed by atoms with Crippen LogP contribution in [0, 0.1) is 12.8 Å². The van der Waals surface area contributed by atoms with E-state index in [-0.39, 0.29) is 0 Å². The van der Waals surface area contributed by atoms with Crippen molar-refractivity contribution >= 4 is 29.1 Å². The van der Waals surface area contributed by atoms with Gasteiger partial charge in [0.1, 0.15) is 17.3 Å². The van der Waals surface area contributed by atoms with E-state index in [9.17, 15) is 0 Å². The van der Waals surface area contributed by atoms with Crippen LogP contribution in [0.25, 0.3) is 11.3 Å². The minimum Gasteiger partial charge on any atom is -0.459 e. The first-order valence-corrected chi connectivity index (χ1v) is 10.8. The van der Waals surface area contributed by atoms with E-state index in [1.165, 1.54) is 12.8 Å². The van der Waals surface area contributed by atoms with Gasteiger partial charge in [0.25, 0.3) is 0 Å². The van der Waals surface area contributed by atoms with Gasteiger partial charge in [-0.05, 0) is 50.0 Å². The molecule has 1 saturated heterocycles. The van der Waals surface area contributed by atoms with Gasteiger partial charge in [0.2, 0.25) is 5.95 Å². The number of thiocarbonyl (C=S) groups is 1. The monoisotopic (exact) mass is 421 g/mol. The Morgan fingerprint density at radius 1 is 1.20 bits per heavy atom. The first-order chi connectivity index (χ1) is 14.6. The molecule has 0 saturated carbocycles. The molecule has 0 bridgehead atoms. The van der Waals surface area contributed by atoms with Crippen molar-refractivity contribution in [2.24, 2.45) is 5.92 Å². The smallest absolute Gasteiger partial charge is 0.231 e. The van der Waals surface area contributed by atoms with Crippen LogP contribution in [0.15, 0.2) is 52.9 Å². The minimum atomic E-state index is 0.469. The Morgan fingerprint density at radius 2 is 2.03 bits per heavy atom. The quantitative estimate of drug-likeness (QED) is 0.575. The van der Waals surface area contributed by atoms with E-state index >= 15 is 0 Å². The van der Waals surface area contributed by atoms with E-state index < -0.39 is 0 Å². The van der Waals surface area contributed by atoms with Crippen LogP contribution in [0.5, 0.6) is 0 Å². The topological polar surface area (TPSA) is 66.2 Å². The zero-order valence-electron chi connectivity index (χ0n) is 17.4. The number of hydrogen-bond donors (Lipinski definition) is 2. The minimum absolute atomic E-state index is 0.469. The van der Waals surface area contributed by atoms with Crippen molar-refractivity contribution in [1.82, 2.24) is 15.3 Å². The van der Waals surface area contributed by atoms with Crippen LogP contribution in [0.1, 0.15) is 31.2 Å². The Kier molecular flexibility index (Phi) is 6.28. The molecule has 1 aliphatic rings. The SMILES string of the molecule is Cc1cc(N2CCCC(C)C2)nc(NC(=S)NCc2ccc(-c3ccccc3)o2)n1. The third kappa shape index (κ3) is 5.16. The first-order valence-electron chi connectivity index (χ1n) is 10.4. The van der Waals surface area contributed by atoms with Gasteiger partial charge in [-0.25, -0.2) is 4.98 Å². The second-order valence-electron chi connectivity index (χ2n) is 7.82. The number of aryl methyl sites for hydroxylation is 1. The van der Waals surface area contributed by atoms with Gasteiger partial charge in [-0.3, -0.25) is 0 Å². The van der Waals surface area contributed by atoms with Gasteiger partial charge < -0.3 is 20.0 Å². The molecular weight excluding hydrogens is 394 g/mol. The molecule has 1 fully saturated rings. The van der Waals surface area contributed by atoms with Crippen molar-refractivity contribution in [3.63, 3.8) is 0 Å². The Morgan fingerprint density at radius 3 is 2.83 bits per heavy atom. The molecule has 156 valence electrons. The number of nitrogens with one attached hydrogen (secondary N) is 2. The lowest BCUT2D eigenvalue weighted by Gasteiger charge is -2.32. The lowest BCUT2D eigenvalue weighted by atomic mass is 10.0. The maximum Gasteiger partial charge on any atom is 0.231 e. The Hall–Kier alpha value is -2.93. The van der Waals surface area contributed by atoms with E-state index in [4.69, 9.17) is 16.6 Å². The van der Waals surface area contributed by atoms with Crippen LogP contribution in [0.4, 0.5) is 11.8 Å². The Balaban J connectivity index is 1.36. The summed E-state index contributed by atoms with van der Waals surface area (Å²) >= 11 is 5.44. The van der Waals surface area contributed by atoms with Crippen LogP contribution in [0.2, 0.25) is 0 Å². The number of rotatable bonds is 5. The summed E-state index contributed by atoms with van der Waals surface area (Å²) in [6.07, 6.45) is 2.47. The summed E-state index contributed by atoms with van der Waals surface area (Å²) in [7, 11) is 0. The number of aromatic nitrogens is 2. The molecule has 6 nitrogen and oxygen atoms in total. The molecule has 1 aliphatic heterocycles. The molecule has 3 heterocycles. The summed E-state index contributed by atoms with van der Waals surface area (Å²) in [5.74, 6) is 3.81. The summed E-state index contributed by atoms with van der Waals surface area (Å²) < 4.78 is 5.91. The molecule has 30 heavy (non-hydrogen) atoms. The molecule has 4 rings (SSSR count). The highest BCUT2D eigenvalue weighted by Crippen LogP contribution is 2.23.